The van der Waals surface area contributed by atoms with Crippen molar-refractivity contribution < 1.29 is 19.1 Å². The van der Waals surface area contributed by atoms with Crippen LogP contribution in [-0.2, 0) is 20.9 Å². The summed E-state index contributed by atoms with van der Waals surface area (Å²) in [5, 5.41) is 8.65. The summed E-state index contributed by atoms with van der Waals surface area (Å²) in [4.78, 5) is 39.1. The maximum absolute atomic E-state index is 12.6. The van der Waals surface area contributed by atoms with Crippen LogP contribution in [0.15, 0.2) is 41.6 Å². The van der Waals surface area contributed by atoms with Crippen LogP contribution in [0.1, 0.15) is 39.2 Å². The van der Waals surface area contributed by atoms with E-state index in [1.807, 2.05) is 18.2 Å². The molecule has 168 valence electrons. The number of carbonyl (C=O) groups is 3. The summed E-state index contributed by atoms with van der Waals surface area (Å²) in [6.45, 7) is 8.13. The molecule has 0 unspecified atom stereocenters. The molecule has 2 heterocycles. The highest BCUT2D eigenvalue weighted by atomic mass is 16.6. The van der Waals surface area contributed by atoms with Crippen LogP contribution in [0.2, 0.25) is 0 Å². The number of benzene rings is 1. The zero-order chi connectivity index (χ0) is 22.4. The van der Waals surface area contributed by atoms with Gasteiger partial charge in [0.05, 0.1) is 0 Å². The molecule has 8 heteroatoms. The van der Waals surface area contributed by atoms with E-state index in [1.165, 1.54) is 5.56 Å². The number of ketones is 1. The van der Waals surface area contributed by atoms with Gasteiger partial charge < -0.3 is 20.7 Å². The Morgan fingerprint density at radius 3 is 2.58 bits per heavy atom. The van der Waals surface area contributed by atoms with E-state index in [2.05, 4.69) is 33.0 Å². The van der Waals surface area contributed by atoms with Crippen molar-refractivity contribution >= 4 is 17.8 Å². The summed E-state index contributed by atoms with van der Waals surface area (Å²) < 4.78 is 5.16. The molecule has 0 spiro atoms. The molecule has 3 N–H and O–H groups in total. The first kappa shape index (κ1) is 22.8. The number of hydrogen-bond donors (Lipinski definition) is 3. The van der Waals surface area contributed by atoms with Crippen molar-refractivity contribution in [3.63, 3.8) is 0 Å². The number of rotatable bonds is 6. The lowest BCUT2D eigenvalue weighted by atomic mass is 9.91. The van der Waals surface area contributed by atoms with Gasteiger partial charge in [-0.2, -0.15) is 0 Å². The van der Waals surface area contributed by atoms with Crippen molar-refractivity contribution in [2.24, 2.45) is 0 Å². The highest BCUT2D eigenvalue weighted by Crippen LogP contribution is 2.24. The third-order valence-electron chi connectivity index (χ3n) is 5.16. The molecule has 8 nitrogen and oxygen atoms in total. The number of amides is 2. The average molecular weight is 429 g/mol. The largest absolute Gasteiger partial charge is 0.444 e. The second kappa shape index (κ2) is 9.96. The van der Waals surface area contributed by atoms with Gasteiger partial charge in [-0.25, -0.2) is 4.79 Å². The zero-order valence-electron chi connectivity index (χ0n) is 18.5. The Labute approximate surface area is 183 Å². The first-order valence-corrected chi connectivity index (χ1v) is 10.7. The molecule has 0 saturated heterocycles. The van der Waals surface area contributed by atoms with Gasteiger partial charge in [0.1, 0.15) is 11.6 Å². The third kappa shape index (κ3) is 6.82. The standard InChI is InChI=1S/C23H32N4O4/c1-23(2,3)31-22(30)25-11-10-24-21(29)18-13-20(28)17-9-12-27(15-19(17)26-18)14-16-7-5-4-6-8-16/h4-8,18,26H,9-15H2,1-3H3,(H,24,29)(H,25,30)/t18-/m0/s1. The maximum atomic E-state index is 12.6. The van der Waals surface area contributed by atoms with E-state index in [4.69, 9.17) is 4.74 Å². The maximum Gasteiger partial charge on any atom is 0.407 e. The zero-order valence-corrected chi connectivity index (χ0v) is 18.5. The molecule has 0 radical (unpaired) electrons. The smallest absolute Gasteiger partial charge is 0.407 e. The normalized spacial score (nSPS) is 19.3. The topological polar surface area (TPSA) is 99.8 Å². The third-order valence-corrected chi connectivity index (χ3v) is 5.16. The van der Waals surface area contributed by atoms with E-state index in [9.17, 15) is 14.4 Å². The van der Waals surface area contributed by atoms with Crippen molar-refractivity contribution in [2.45, 2.75) is 51.8 Å². The summed E-state index contributed by atoms with van der Waals surface area (Å²) in [7, 11) is 0. The Kier molecular flexibility index (Phi) is 7.33. The van der Waals surface area contributed by atoms with Gasteiger partial charge >= 0.3 is 6.09 Å². The van der Waals surface area contributed by atoms with Gasteiger partial charge in [0.15, 0.2) is 5.78 Å². The van der Waals surface area contributed by atoms with Crippen molar-refractivity contribution in [2.75, 3.05) is 26.2 Å². The van der Waals surface area contributed by atoms with Crippen LogP contribution in [-0.4, -0.2) is 60.5 Å². The number of Topliss-reactive ketones (excluding diaryl/α,β-unsaturated/α-hetero) is 1. The van der Waals surface area contributed by atoms with E-state index in [-0.39, 0.29) is 31.2 Å². The van der Waals surface area contributed by atoms with E-state index >= 15 is 0 Å². The molecule has 2 amide bonds. The fourth-order valence-corrected chi connectivity index (χ4v) is 3.75. The molecular formula is C23H32N4O4. The van der Waals surface area contributed by atoms with Crippen LogP contribution in [0.4, 0.5) is 4.79 Å². The highest BCUT2D eigenvalue weighted by molar-refractivity contribution is 6.01. The number of ether oxygens (including phenoxy) is 1. The lowest BCUT2D eigenvalue weighted by Gasteiger charge is -2.36. The molecule has 0 fully saturated rings. The van der Waals surface area contributed by atoms with Crippen LogP contribution in [0.25, 0.3) is 0 Å². The van der Waals surface area contributed by atoms with Crippen molar-refractivity contribution in [3.8, 4) is 0 Å². The second-order valence-corrected chi connectivity index (χ2v) is 8.95. The molecule has 1 atom stereocenters. The predicted molar refractivity (Wildman–Crippen MR) is 117 cm³/mol. The fraction of sp³-hybridized carbons (Fsp3) is 0.522. The van der Waals surface area contributed by atoms with Gasteiger partial charge in [0.2, 0.25) is 5.91 Å². The lowest BCUT2D eigenvalue weighted by molar-refractivity contribution is -0.127. The first-order valence-electron chi connectivity index (χ1n) is 10.7. The molecule has 3 rings (SSSR count). The number of nitrogens with one attached hydrogen (secondary N) is 3. The molecule has 31 heavy (non-hydrogen) atoms. The minimum absolute atomic E-state index is 0.0418. The Balaban J connectivity index is 1.47. The molecule has 1 aromatic carbocycles. The Hall–Kier alpha value is -2.87. The Morgan fingerprint density at radius 2 is 1.87 bits per heavy atom. The van der Waals surface area contributed by atoms with Crippen molar-refractivity contribution in [1.82, 2.24) is 20.9 Å². The lowest BCUT2D eigenvalue weighted by Crippen LogP contribution is -2.52. The molecular weight excluding hydrogens is 396 g/mol. The molecule has 2 aliphatic rings. The Bertz CT molecular complexity index is 845. The van der Waals surface area contributed by atoms with Crippen LogP contribution in [0.3, 0.4) is 0 Å². The number of carbonyl (C=O) groups excluding carboxylic acids is 3. The molecule has 0 saturated carbocycles. The SMILES string of the molecule is CC(C)(C)OC(=O)NCCNC(=O)[C@@H]1CC(=O)C2=C(CN(Cc3ccccc3)CC2)N1. The van der Waals surface area contributed by atoms with Gasteiger partial charge in [0, 0.05) is 50.4 Å². The molecule has 1 aromatic rings. The summed E-state index contributed by atoms with van der Waals surface area (Å²) >= 11 is 0. The number of alkyl carbamates (subject to hydrolysis) is 1. The molecule has 0 bridgehead atoms. The minimum Gasteiger partial charge on any atom is -0.444 e. The van der Waals surface area contributed by atoms with E-state index in [1.54, 1.807) is 20.8 Å². The van der Waals surface area contributed by atoms with E-state index in [0.29, 0.717) is 13.0 Å². The molecule has 0 aromatic heterocycles. The predicted octanol–water partition coefficient (Wildman–Crippen LogP) is 1.72. The van der Waals surface area contributed by atoms with E-state index < -0.39 is 17.7 Å². The minimum atomic E-state index is -0.593. The van der Waals surface area contributed by atoms with Crippen LogP contribution < -0.4 is 16.0 Å². The fourth-order valence-electron chi connectivity index (χ4n) is 3.75. The monoisotopic (exact) mass is 428 g/mol. The van der Waals surface area contributed by atoms with Crippen molar-refractivity contribution in [1.29, 1.82) is 0 Å². The van der Waals surface area contributed by atoms with Crippen molar-refractivity contribution in [3.05, 3.63) is 47.2 Å². The van der Waals surface area contributed by atoms with Gasteiger partial charge in [-0.05, 0) is 32.8 Å². The van der Waals surface area contributed by atoms with Gasteiger partial charge in [-0.3, -0.25) is 14.5 Å². The molecule has 0 aliphatic carbocycles. The summed E-state index contributed by atoms with van der Waals surface area (Å²) in [6.07, 6.45) is 0.327. The second-order valence-electron chi connectivity index (χ2n) is 8.95. The van der Waals surface area contributed by atoms with Crippen LogP contribution in [0.5, 0.6) is 0 Å². The molecule has 2 aliphatic heterocycles. The summed E-state index contributed by atoms with van der Waals surface area (Å²) in [5.41, 5.74) is 2.32. The number of hydrogen-bond acceptors (Lipinski definition) is 6. The van der Waals surface area contributed by atoms with E-state index in [0.717, 1.165) is 24.4 Å². The van der Waals surface area contributed by atoms with Gasteiger partial charge in [-0.15, -0.1) is 0 Å². The quantitative estimate of drug-likeness (QED) is 0.597. The summed E-state index contributed by atoms with van der Waals surface area (Å²) in [5.74, 6) is -0.203. The average Bonchev–Trinajstić information content (AvgIpc) is 2.70. The Morgan fingerprint density at radius 1 is 1.16 bits per heavy atom. The summed E-state index contributed by atoms with van der Waals surface area (Å²) in [6, 6.07) is 9.61. The van der Waals surface area contributed by atoms with Crippen LogP contribution >= 0.6 is 0 Å². The number of nitrogens with zero attached hydrogens (tertiary/aromatic N) is 1. The van der Waals surface area contributed by atoms with Crippen LogP contribution in [0, 0.1) is 0 Å². The first-order chi connectivity index (χ1) is 14.7. The van der Waals surface area contributed by atoms with Gasteiger partial charge in [-0.1, -0.05) is 30.3 Å². The highest BCUT2D eigenvalue weighted by Gasteiger charge is 2.33. The van der Waals surface area contributed by atoms with Gasteiger partial charge in [0.25, 0.3) is 0 Å².